The molecule has 0 saturated carbocycles. The Morgan fingerprint density at radius 3 is 0.429 bits per heavy atom. The van der Waals surface area contributed by atoms with Gasteiger partial charge in [0.2, 0.25) is 0 Å². The van der Waals surface area contributed by atoms with Crippen molar-refractivity contribution in [2.24, 2.45) is 0 Å². The molecule has 0 aromatic carbocycles. The SMILES string of the molecule is [Br-].[Br-].[Br-].[Br-].[Li+].[Li+].[Ni+2]. The van der Waals surface area contributed by atoms with Crippen molar-refractivity contribution in [3.63, 3.8) is 0 Å². The van der Waals surface area contributed by atoms with Crippen molar-refractivity contribution in [3.8, 4) is 0 Å². The molecule has 7 heavy (non-hydrogen) atoms. The normalized spacial score (nSPS) is 0. The topological polar surface area (TPSA) is 0 Å². The van der Waals surface area contributed by atoms with Gasteiger partial charge in [-0.15, -0.1) is 0 Å². The monoisotopic (exact) mass is 388 g/mol. The van der Waals surface area contributed by atoms with Crippen LogP contribution in [0, 0.1) is 0 Å². The molecule has 0 saturated heterocycles. The van der Waals surface area contributed by atoms with Crippen LogP contribution in [-0.4, -0.2) is 0 Å². The second-order valence-corrected chi connectivity index (χ2v) is 0. The van der Waals surface area contributed by atoms with E-state index in [0.29, 0.717) is 0 Å². The third-order valence-corrected chi connectivity index (χ3v) is 0. The predicted octanol–water partition coefficient (Wildman–Crippen LogP) is -18.0. The molecule has 0 radical (unpaired) electrons. The van der Waals surface area contributed by atoms with Crippen LogP contribution in [0.15, 0.2) is 0 Å². The molecule has 0 aliphatic carbocycles. The standard InChI is InChI=1S/4BrH.2Li.Ni/h4*1H;;;/q;;;;2*+1;+2/p-4. The number of halogens is 4. The van der Waals surface area contributed by atoms with Gasteiger partial charge in [0.05, 0.1) is 0 Å². The summed E-state index contributed by atoms with van der Waals surface area (Å²) in [4.78, 5) is 0. The molecule has 0 aliphatic heterocycles. The molecule has 0 bridgehead atoms. The summed E-state index contributed by atoms with van der Waals surface area (Å²) in [5.41, 5.74) is 0. The van der Waals surface area contributed by atoms with Crippen LogP contribution in [0.25, 0.3) is 0 Å². The first-order valence-electron chi connectivity index (χ1n) is 0. The summed E-state index contributed by atoms with van der Waals surface area (Å²) in [5.74, 6) is 0. The molecule has 0 aromatic rings. The van der Waals surface area contributed by atoms with Gasteiger partial charge in [-0.3, -0.25) is 0 Å². The van der Waals surface area contributed by atoms with Crippen LogP contribution in [0.1, 0.15) is 0 Å². The van der Waals surface area contributed by atoms with E-state index in [1.165, 1.54) is 0 Å². The van der Waals surface area contributed by atoms with E-state index in [1.807, 2.05) is 0 Å². The van der Waals surface area contributed by atoms with Crippen molar-refractivity contribution in [3.05, 3.63) is 0 Å². The van der Waals surface area contributed by atoms with Crippen LogP contribution < -0.4 is 106 Å². The van der Waals surface area contributed by atoms with Gasteiger partial charge < -0.3 is 67.9 Å². The van der Waals surface area contributed by atoms with E-state index in [2.05, 4.69) is 0 Å². The van der Waals surface area contributed by atoms with Gasteiger partial charge in [0.25, 0.3) is 0 Å². The Kier molecular flexibility index (Phi) is 588. The fourth-order valence-corrected chi connectivity index (χ4v) is 0. The van der Waals surface area contributed by atoms with Crippen molar-refractivity contribution >= 4 is 0 Å². The van der Waals surface area contributed by atoms with Gasteiger partial charge in [-0.2, -0.15) is 0 Å². The molecule has 0 N–H and O–H groups in total. The molecule has 0 atom stereocenters. The van der Waals surface area contributed by atoms with Gasteiger partial charge >= 0.3 is 54.2 Å². The first kappa shape index (κ1) is 75.2. The van der Waals surface area contributed by atoms with Gasteiger partial charge in [0.1, 0.15) is 0 Å². The third kappa shape index (κ3) is 42.7. The summed E-state index contributed by atoms with van der Waals surface area (Å²) >= 11 is 0. The molecule has 7 heteroatoms. The van der Waals surface area contributed by atoms with Gasteiger partial charge in [0, 0.05) is 0 Å². The molecule has 0 rings (SSSR count). The Bertz CT molecular complexity index is 9.65. The molecule has 0 spiro atoms. The van der Waals surface area contributed by atoms with Crippen LogP contribution in [0.2, 0.25) is 0 Å². The summed E-state index contributed by atoms with van der Waals surface area (Å²) in [6.45, 7) is 0. The Morgan fingerprint density at radius 2 is 0.429 bits per heavy atom. The first-order valence-corrected chi connectivity index (χ1v) is 0. The molecule has 0 fully saturated rings. The third-order valence-electron chi connectivity index (χ3n) is 0. The summed E-state index contributed by atoms with van der Waals surface area (Å²) in [6, 6.07) is 0. The summed E-state index contributed by atoms with van der Waals surface area (Å²) in [6.07, 6.45) is 0. The quantitative estimate of drug-likeness (QED) is 0.360. The van der Waals surface area contributed by atoms with E-state index in [-0.39, 0.29) is 122 Å². The smallest absolute Gasteiger partial charge is 1.00 e. The minimum Gasteiger partial charge on any atom is -1.00 e. The van der Waals surface area contributed by atoms with Gasteiger partial charge in [-0.25, -0.2) is 0 Å². The Morgan fingerprint density at radius 1 is 0.429 bits per heavy atom. The maximum Gasteiger partial charge on any atom is 2.00 e. The molecule has 0 aliphatic rings. The molecular weight excluding hydrogens is 392 g/mol. The van der Waals surface area contributed by atoms with E-state index in [9.17, 15) is 0 Å². The zero-order valence-corrected chi connectivity index (χ0v) is 11.2. The molecule has 40 valence electrons. The number of hydrogen-bond acceptors (Lipinski definition) is 0. The minimum atomic E-state index is 0. The molecule has 0 unspecified atom stereocenters. The van der Waals surface area contributed by atoms with Crippen LogP contribution in [0.3, 0.4) is 0 Å². The second-order valence-electron chi connectivity index (χ2n) is 0. The second kappa shape index (κ2) is 54.7. The van der Waals surface area contributed by atoms with E-state index >= 15 is 0 Å². The van der Waals surface area contributed by atoms with Crippen molar-refractivity contribution in [1.82, 2.24) is 0 Å². The van der Waals surface area contributed by atoms with Crippen LogP contribution >= 0.6 is 0 Å². The van der Waals surface area contributed by atoms with Gasteiger partial charge in [-0.1, -0.05) is 0 Å². The largest absolute Gasteiger partial charge is 2.00 e. The summed E-state index contributed by atoms with van der Waals surface area (Å²) < 4.78 is 0. The minimum absolute atomic E-state index is 0. The first-order chi connectivity index (χ1) is 0. The van der Waals surface area contributed by atoms with Gasteiger partial charge in [-0.05, 0) is 0 Å². The van der Waals surface area contributed by atoms with E-state index in [0.717, 1.165) is 0 Å². The Balaban J connectivity index is 0. The molecule has 0 amide bonds. The Hall–Kier alpha value is 3.61. The zero-order valence-electron chi connectivity index (χ0n) is 3.83. The van der Waals surface area contributed by atoms with E-state index in [1.54, 1.807) is 0 Å². The zero-order chi connectivity index (χ0) is 0. The van der Waals surface area contributed by atoms with Gasteiger partial charge in [0.15, 0.2) is 0 Å². The maximum absolute atomic E-state index is 0. The average molecular weight is 392 g/mol. The van der Waals surface area contributed by atoms with Crippen molar-refractivity contribution < 1.29 is 122 Å². The molecular formula is Br4Li2Ni. The van der Waals surface area contributed by atoms with Crippen molar-refractivity contribution in [1.29, 1.82) is 0 Å². The fraction of sp³-hybridized carbons (Fsp3) is 0. The number of rotatable bonds is 0. The van der Waals surface area contributed by atoms with Crippen molar-refractivity contribution in [2.45, 2.75) is 0 Å². The number of hydrogen-bond donors (Lipinski definition) is 0. The predicted molar refractivity (Wildman–Crippen MR) is 0 cm³/mol. The summed E-state index contributed by atoms with van der Waals surface area (Å²) in [5, 5.41) is 0. The van der Waals surface area contributed by atoms with Crippen LogP contribution in [-0.2, 0) is 16.5 Å². The van der Waals surface area contributed by atoms with E-state index < -0.39 is 0 Å². The fourth-order valence-electron chi connectivity index (χ4n) is 0. The molecule has 0 nitrogen and oxygen atoms in total. The average Bonchev–Trinajstić information content (AvgIpc) is 0. The molecule has 0 heterocycles. The Labute approximate surface area is 120 Å². The van der Waals surface area contributed by atoms with Crippen molar-refractivity contribution in [2.75, 3.05) is 0 Å². The van der Waals surface area contributed by atoms with E-state index in [4.69, 9.17) is 0 Å². The van der Waals surface area contributed by atoms with Crippen LogP contribution in [0.5, 0.6) is 0 Å². The maximum atomic E-state index is 0. The molecule has 0 aromatic heterocycles. The summed E-state index contributed by atoms with van der Waals surface area (Å²) in [7, 11) is 0. The van der Waals surface area contributed by atoms with Crippen LogP contribution in [0.4, 0.5) is 0 Å².